The molecule has 2 aliphatic rings. The van der Waals surface area contributed by atoms with Gasteiger partial charge in [-0.1, -0.05) is 0 Å². The summed E-state index contributed by atoms with van der Waals surface area (Å²) in [6, 6.07) is 4.41. The third-order valence-electron chi connectivity index (χ3n) is 3.96. The summed E-state index contributed by atoms with van der Waals surface area (Å²) in [7, 11) is 0. The molecule has 0 unspecified atom stereocenters. The highest BCUT2D eigenvalue weighted by Gasteiger charge is 2.27. The molecule has 18 heavy (non-hydrogen) atoms. The molecule has 0 aromatic carbocycles. The Balaban J connectivity index is 1.74. The van der Waals surface area contributed by atoms with Gasteiger partial charge in [0, 0.05) is 38.3 Å². The smallest absolute Gasteiger partial charge is 0.116 e. The molecule has 1 saturated heterocycles. The van der Waals surface area contributed by atoms with Gasteiger partial charge in [0.25, 0.3) is 0 Å². The maximum absolute atomic E-state index is 4.58. The highest BCUT2D eigenvalue weighted by Crippen LogP contribution is 2.39. The Morgan fingerprint density at radius 3 is 2.78 bits per heavy atom. The van der Waals surface area contributed by atoms with E-state index in [0.717, 1.165) is 26.2 Å². The van der Waals surface area contributed by atoms with Gasteiger partial charge in [-0.25, -0.2) is 4.98 Å². The van der Waals surface area contributed by atoms with Crippen LogP contribution in [0.15, 0.2) is 24.5 Å². The summed E-state index contributed by atoms with van der Waals surface area (Å²) >= 11 is 0. The number of hydrogen-bond donors (Lipinski definition) is 1. The van der Waals surface area contributed by atoms with Crippen molar-refractivity contribution in [1.29, 1.82) is 0 Å². The number of pyridine rings is 1. The molecule has 4 nitrogen and oxygen atoms in total. The Bertz CT molecular complexity index is 564. The van der Waals surface area contributed by atoms with Crippen molar-refractivity contribution in [2.24, 2.45) is 0 Å². The summed E-state index contributed by atoms with van der Waals surface area (Å²) in [6.45, 7) is 4.35. The van der Waals surface area contributed by atoms with E-state index in [1.807, 2.05) is 6.20 Å². The number of nitrogens with one attached hydrogen (secondary N) is 1. The molecule has 0 amide bonds. The highest BCUT2D eigenvalue weighted by atomic mass is 15.2. The summed E-state index contributed by atoms with van der Waals surface area (Å²) < 4.78 is 2.29. The van der Waals surface area contributed by atoms with Crippen LogP contribution in [0.2, 0.25) is 0 Å². The number of anilines is 1. The Morgan fingerprint density at radius 1 is 1.17 bits per heavy atom. The molecule has 1 N–H and O–H groups in total. The van der Waals surface area contributed by atoms with E-state index in [0.29, 0.717) is 5.92 Å². The average molecular weight is 242 g/mol. The van der Waals surface area contributed by atoms with E-state index >= 15 is 0 Å². The van der Waals surface area contributed by atoms with Gasteiger partial charge >= 0.3 is 0 Å². The Kier molecular flexibility index (Phi) is 2.30. The number of imidazole rings is 1. The summed E-state index contributed by atoms with van der Waals surface area (Å²) in [6.07, 6.45) is 6.87. The first-order valence-electron chi connectivity index (χ1n) is 6.84. The van der Waals surface area contributed by atoms with Gasteiger partial charge in [-0.15, -0.1) is 0 Å². The number of fused-ring (bicyclic) bond motifs is 1. The average Bonchev–Trinajstić information content (AvgIpc) is 3.19. The fourth-order valence-electron chi connectivity index (χ4n) is 2.75. The zero-order valence-corrected chi connectivity index (χ0v) is 10.5. The minimum Gasteiger partial charge on any atom is -0.368 e. The van der Waals surface area contributed by atoms with E-state index in [1.54, 1.807) is 0 Å². The van der Waals surface area contributed by atoms with E-state index < -0.39 is 0 Å². The van der Waals surface area contributed by atoms with Gasteiger partial charge in [0.05, 0.1) is 17.4 Å². The third kappa shape index (κ3) is 1.68. The van der Waals surface area contributed by atoms with Gasteiger partial charge in [-0.05, 0) is 25.0 Å². The molecule has 1 saturated carbocycles. The van der Waals surface area contributed by atoms with Gasteiger partial charge in [0.2, 0.25) is 0 Å². The lowest BCUT2D eigenvalue weighted by molar-refractivity contribution is 0.588. The van der Waals surface area contributed by atoms with E-state index in [9.17, 15) is 0 Å². The van der Waals surface area contributed by atoms with E-state index in [4.69, 9.17) is 0 Å². The first-order valence-corrected chi connectivity index (χ1v) is 6.84. The normalized spacial score (nSPS) is 20.6. The Morgan fingerprint density at radius 2 is 2.00 bits per heavy atom. The molecule has 1 aliphatic heterocycles. The van der Waals surface area contributed by atoms with Crippen LogP contribution in [0.3, 0.4) is 0 Å². The number of nitrogens with zero attached hydrogens (tertiary/aromatic N) is 3. The maximum atomic E-state index is 4.58. The molecule has 94 valence electrons. The van der Waals surface area contributed by atoms with Gasteiger partial charge < -0.3 is 14.6 Å². The largest absolute Gasteiger partial charge is 0.368 e. The fraction of sp³-hybridized carbons (Fsp3) is 0.500. The van der Waals surface area contributed by atoms with Crippen molar-refractivity contribution in [1.82, 2.24) is 14.7 Å². The van der Waals surface area contributed by atoms with Crippen LogP contribution in [0.4, 0.5) is 5.69 Å². The molecule has 2 fully saturated rings. The third-order valence-corrected chi connectivity index (χ3v) is 3.96. The highest BCUT2D eigenvalue weighted by molar-refractivity contribution is 5.56. The molecular weight excluding hydrogens is 224 g/mol. The molecule has 4 rings (SSSR count). The van der Waals surface area contributed by atoms with Crippen LogP contribution in [-0.4, -0.2) is 35.6 Å². The van der Waals surface area contributed by atoms with Crippen molar-refractivity contribution < 1.29 is 0 Å². The van der Waals surface area contributed by atoms with E-state index in [2.05, 4.69) is 37.9 Å². The van der Waals surface area contributed by atoms with Gasteiger partial charge in [-0.3, -0.25) is 0 Å². The molecule has 2 aromatic rings. The Labute approximate surface area is 107 Å². The SMILES string of the molecule is c1cc2cnc(C3CC3)n2cc1N1CCNCC1. The second-order valence-electron chi connectivity index (χ2n) is 5.31. The van der Waals surface area contributed by atoms with Crippen LogP contribution < -0.4 is 10.2 Å². The topological polar surface area (TPSA) is 32.6 Å². The predicted octanol–water partition coefficient (Wildman–Crippen LogP) is 1.62. The number of piperazine rings is 1. The maximum Gasteiger partial charge on any atom is 0.116 e. The molecule has 1 aliphatic carbocycles. The van der Waals surface area contributed by atoms with Crippen LogP contribution in [0.5, 0.6) is 0 Å². The zero-order valence-electron chi connectivity index (χ0n) is 10.5. The molecule has 0 bridgehead atoms. The van der Waals surface area contributed by atoms with E-state index in [1.165, 1.54) is 29.9 Å². The summed E-state index contributed by atoms with van der Waals surface area (Å²) in [4.78, 5) is 7.03. The molecule has 3 heterocycles. The molecule has 0 spiro atoms. The standard InChI is InChI=1S/C14H18N4/c1-2-11(1)14-16-9-12-3-4-13(10-18(12)14)17-7-5-15-6-8-17/h3-4,9-11,15H,1-2,5-8H2. The second-order valence-corrected chi connectivity index (χ2v) is 5.31. The molecule has 4 heteroatoms. The fourth-order valence-corrected chi connectivity index (χ4v) is 2.75. The van der Waals surface area contributed by atoms with Crippen LogP contribution in [-0.2, 0) is 0 Å². The van der Waals surface area contributed by atoms with Crippen LogP contribution >= 0.6 is 0 Å². The van der Waals surface area contributed by atoms with E-state index in [-0.39, 0.29) is 0 Å². The number of aromatic nitrogens is 2. The predicted molar refractivity (Wildman–Crippen MR) is 72.2 cm³/mol. The minimum atomic E-state index is 0.700. The Hall–Kier alpha value is -1.55. The molecular formula is C14H18N4. The summed E-state index contributed by atoms with van der Waals surface area (Å²) in [5, 5.41) is 3.40. The first kappa shape index (κ1) is 10.4. The van der Waals surface area contributed by atoms with Crippen molar-refractivity contribution in [3.63, 3.8) is 0 Å². The van der Waals surface area contributed by atoms with Crippen molar-refractivity contribution >= 4 is 11.2 Å². The zero-order chi connectivity index (χ0) is 11.9. The lowest BCUT2D eigenvalue weighted by Gasteiger charge is -2.29. The van der Waals surface area contributed by atoms with Crippen LogP contribution in [0, 0.1) is 0 Å². The van der Waals surface area contributed by atoms with Gasteiger partial charge in [-0.2, -0.15) is 0 Å². The molecule has 2 aromatic heterocycles. The number of rotatable bonds is 2. The lowest BCUT2D eigenvalue weighted by atomic mass is 10.3. The van der Waals surface area contributed by atoms with Crippen molar-refractivity contribution in [3.05, 3.63) is 30.4 Å². The van der Waals surface area contributed by atoms with Crippen molar-refractivity contribution in [2.45, 2.75) is 18.8 Å². The van der Waals surface area contributed by atoms with Crippen LogP contribution in [0.25, 0.3) is 5.52 Å². The second kappa shape index (κ2) is 3.99. The molecule has 0 atom stereocenters. The van der Waals surface area contributed by atoms with Crippen molar-refractivity contribution in [3.8, 4) is 0 Å². The number of hydrogen-bond acceptors (Lipinski definition) is 3. The summed E-state index contributed by atoms with van der Waals surface area (Å²) in [5.41, 5.74) is 2.54. The minimum absolute atomic E-state index is 0.700. The van der Waals surface area contributed by atoms with Gasteiger partial charge in [0.15, 0.2) is 0 Å². The lowest BCUT2D eigenvalue weighted by Crippen LogP contribution is -2.43. The van der Waals surface area contributed by atoms with Crippen molar-refractivity contribution in [2.75, 3.05) is 31.1 Å². The quantitative estimate of drug-likeness (QED) is 0.868. The molecule has 0 radical (unpaired) electrons. The first-order chi connectivity index (χ1) is 8.92. The van der Waals surface area contributed by atoms with Crippen LogP contribution in [0.1, 0.15) is 24.6 Å². The monoisotopic (exact) mass is 242 g/mol. The summed E-state index contributed by atoms with van der Waals surface area (Å²) in [5.74, 6) is 1.95. The van der Waals surface area contributed by atoms with Gasteiger partial charge in [0.1, 0.15) is 5.82 Å².